The summed E-state index contributed by atoms with van der Waals surface area (Å²) in [5.74, 6) is 0.0633. The van der Waals surface area contributed by atoms with Crippen LogP contribution < -0.4 is 5.32 Å². The Morgan fingerprint density at radius 2 is 2.25 bits per heavy atom. The highest BCUT2D eigenvalue weighted by Gasteiger charge is 2.28. The Morgan fingerprint density at radius 1 is 1.55 bits per heavy atom. The van der Waals surface area contributed by atoms with Crippen LogP contribution in [0.25, 0.3) is 5.65 Å². The van der Waals surface area contributed by atoms with E-state index in [9.17, 15) is 15.2 Å². The first-order chi connectivity index (χ1) is 9.33. The Bertz CT molecular complexity index is 634. The van der Waals surface area contributed by atoms with E-state index in [1.54, 1.807) is 31.3 Å². The molecule has 0 aliphatic carbocycles. The summed E-state index contributed by atoms with van der Waals surface area (Å²) in [6.07, 6.45) is 1.59. The van der Waals surface area contributed by atoms with Crippen LogP contribution in [0, 0.1) is 16.0 Å². The fourth-order valence-electron chi connectivity index (χ4n) is 1.74. The Hall–Kier alpha value is -2.15. The fourth-order valence-corrected chi connectivity index (χ4v) is 1.74. The van der Waals surface area contributed by atoms with Crippen molar-refractivity contribution in [3.8, 4) is 0 Å². The summed E-state index contributed by atoms with van der Waals surface area (Å²) in [5, 5.41) is 24.3. The maximum absolute atomic E-state index is 11.2. The van der Waals surface area contributed by atoms with Crippen molar-refractivity contribution in [2.75, 3.05) is 11.9 Å². The van der Waals surface area contributed by atoms with Crippen molar-refractivity contribution in [2.24, 2.45) is 5.92 Å². The molecule has 0 aliphatic rings. The minimum Gasteiger partial charge on any atom is -0.388 e. The van der Waals surface area contributed by atoms with Gasteiger partial charge in [0.1, 0.15) is 0 Å². The van der Waals surface area contributed by atoms with Crippen molar-refractivity contribution in [1.29, 1.82) is 0 Å². The second-order valence-electron chi connectivity index (χ2n) is 5.34. The number of hydrogen-bond donors (Lipinski definition) is 2. The molecule has 0 amide bonds. The molecule has 7 nitrogen and oxygen atoms in total. The van der Waals surface area contributed by atoms with Crippen molar-refractivity contribution in [2.45, 2.75) is 26.4 Å². The maximum Gasteiger partial charge on any atom is 0.372 e. The Kier molecular flexibility index (Phi) is 3.63. The largest absolute Gasteiger partial charge is 0.388 e. The van der Waals surface area contributed by atoms with Crippen LogP contribution in [0.3, 0.4) is 0 Å². The van der Waals surface area contributed by atoms with E-state index in [-0.39, 0.29) is 24.1 Å². The van der Waals surface area contributed by atoms with Gasteiger partial charge in [-0.1, -0.05) is 19.9 Å². The molecule has 0 radical (unpaired) electrons. The summed E-state index contributed by atoms with van der Waals surface area (Å²) in [4.78, 5) is 14.9. The molecule has 0 saturated heterocycles. The normalized spacial score (nSPS) is 14.4. The smallest absolute Gasteiger partial charge is 0.372 e. The fraction of sp³-hybridized carbons (Fsp3) is 0.462. The standard InChI is InChI=1S/C13H18N4O3/c1-9(2)13(3,18)8-14-11-12(17(19)20)16-7-5-4-6-10(16)15-11/h4-7,9,14,18H,8H2,1-3H3/t13-/m1/s1. The van der Waals surface area contributed by atoms with Crippen molar-refractivity contribution < 1.29 is 10.0 Å². The van der Waals surface area contributed by atoms with Gasteiger partial charge in [-0.2, -0.15) is 9.38 Å². The van der Waals surface area contributed by atoms with E-state index in [0.29, 0.717) is 5.65 Å². The third-order valence-electron chi connectivity index (χ3n) is 3.54. The summed E-state index contributed by atoms with van der Waals surface area (Å²) in [5.41, 5.74) is -0.477. The molecule has 0 saturated carbocycles. The van der Waals surface area contributed by atoms with Gasteiger partial charge in [0.2, 0.25) is 11.5 Å². The monoisotopic (exact) mass is 278 g/mol. The molecule has 0 aromatic carbocycles. The summed E-state index contributed by atoms with van der Waals surface area (Å²) in [6.45, 7) is 5.65. The molecule has 0 spiro atoms. The number of nitrogens with one attached hydrogen (secondary N) is 1. The van der Waals surface area contributed by atoms with Gasteiger partial charge < -0.3 is 20.5 Å². The predicted octanol–water partition coefficient (Wildman–Crippen LogP) is 2.06. The lowest BCUT2D eigenvalue weighted by atomic mass is 9.93. The molecule has 0 fully saturated rings. The van der Waals surface area contributed by atoms with Crippen LogP contribution in [0.1, 0.15) is 20.8 Å². The molecular formula is C13H18N4O3. The van der Waals surface area contributed by atoms with E-state index >= 15 is 0 Å². The van der Waals surface area contributed by atoms with Crippen molar-refractivity contribution in [3.05, 3.63) is 34.5 Å². The van der Waals surface area contributed by atoms with Gasteiger partial charge in [-0.25, -0.2) is 0 Å². The van der Waals surface area contributed by atoms with Crippen LogP contribution in [0.15, 0.2) is 24.4 Å². The number of aromatic nitrogens is 2. The lowest BCUT2D eigenvalue weighted by Crippen LogP contribution is -2.38. The number of hydrogen-bond acceptors (Lipinski definition) is 5. The minimum absolute atomic E-state index is 0.0195. The van der Waals surface area contributed by atoms with Crippen LogP contribution in [0.4, 0.5) is 11.6 Å². The molecule has 20 heavy (non-hydrogen) atoms. The molecule has 1 atom stereocenters. The first-order valence-corrected chi connectivity index (χ1v) is 6.40. The van der Waals surface area contributed by atoms with Gasteiger partial charge in [-0.05, 0) is 23.8 Å². The average molecular weight is 278 g/mol. The zero-order valence-electron chi connectivity index (χ0n) is 11.7. The lowest BCUT2D eigenvalue weighted by molar-refractivity contribution is -0.389. The summed E-state index contributed by atoms with van der Waals surface area (Å²) in [6, 6.07) is 5.16. The van der Waals surface area contributed by atoms with Gasteiger partial charge in [0.15, 0.2) is 0 Å². The molecule has 2 N–H and O–H groups in total. The number of imidazole rings is 1. The molecule has 2 aromatic heterocycles. The molecule has 2 aromatic rings. The van der Waals surface area contributed by atoms with E-state index in [1.165, 1.54) is 4.40 Å². The Balaban J connectivity index is 2.35. The minimum atomic E-state index is -0.969. The zero-order valence-corrected chi connectivity index (χ0v) is 11.7. The van der Waals surface area contributed by atoms with Crippen molar-refractivity contribution >= 4 is 17.3 Å². The molecule has 2 rings (SSSR count). The zero-order chi connectivity index (χ0) is 14.9. The highest BCUT2D eigenvalue weighted by atomic mass is 16.6. The lowest BCUT2D eigenvalue weighted by Gasteiger charge is -2.27. The molecule has 0 unspecified atom stereocenters. The third-order valence-corrected chi connectivity index (χ3v) is 3.54. The molecule has 0 bridgehead atoms. The SMILES string of the molecule is CC(C)[C@](C)(O)CNc1nc2ccccn2c1[N+](=O)[O-]. The van der Waals surface area contributed by atoms with E-state index < -0.39 is 10.5 Å². The quantitative estimate of drug-likeness (QED) is 0.645. The number of fused-ring (bicyclic) bond motifs is 1. The number of nitrogens with zero attached hydrogens (tertiary/aromatic N) is 3. The molecular weight excluding hydrogens is 260 g/mol. The van der Waals surface area contributed by atoms with E-state index in [4.69, 9.17) is 0 Å². The Morgan fingerprint density at radius 3 is 2.85 bits per heavy atom. The van der Waals surface area contributed by atoms with Crippen LogP contribution >= 0.6 is 0 Å². The topological polar surface area (TPSA) is 92.7 Å². The highest BCUT2D eigenvalue weighted by Crippen LogP contribution is 2.26. The summed E-state index contributed by atoms with van der Waals surface area (Å²) < 4.78 is 1.41. The van der Waals surface area contributed by atoms with Gasteiger partial charge in [0.25, 0.3) is 0 Å². The highest BCUT2D eigenvalue weighted by molar-refractivity contribution is 5.62. The van der Waals surface area contributed by atoms with Crippen molar-refractivity contribution in [3.63, 3.8) is 0 Å². The third kappa shape index (κ3) is 2.57. The van der Waals surface area contributed by atoms with Gasteiger partial charge in [-0.15, -0.1) is 0 Å². The number of aliphatic hydroxyl groups is 1. The maximum atomic E-state index is 11.2. The number of rotatable bonds is 5. The van der Waals surface area contributed by atoms with Crippen molar-refractivity contribution in [1.82, 2.24) is 9.38 Å². The average Bonchev–Trinajstić information content (AvgIpc) is 2.74. The van der Waals surface area contributed by atoms with E-state index in [2.05, 4.69) is 10.3 Å². The first-order valence-electron chi connectivity index (χ1n) is 6.40. The van der Waals surface area contributed by atoms with Gasteiger partial charge in [-0.3, -0.25) is 0 Å². The van der Waals surface area contributed by atoms with Gasteiger partial charge in [0.05, 0.1) is 11.8 Å². The molecule has 2 heterocycles. The second-order valence-corrected chi connectivity index (χ2v) is 5.34. The van der Waals surface area contributed by atoms with Crippen LogP contribution in [0.5, 0.6) is 0 Å². The van der Waals surface area contributed by atoms with Crippen LogP contribution in [-0.4, -0.2) is 31.6 Å². The van der Waals surface area contributed by atoms with Crippen LogP contribution in [-0.2, 0) is 0 Å². The molecule has 7 heteroatoms. The van der Waals surface area contributed by atoms with Crippen LogP contribution in [0.2, 0.25) is 0 Å². The second kappa shape index (κ2) is 5.09. The number of anilines is 1. The van der Waals surface area contributed by atoms with E-state index in [1.807, 2.05) is 13.8 Å². The first kappa shape index (κ1) is 14.3. The predicted molar refractivity (Wildman–Crippen MR) is 75.8 cm³/mol. The summed E-state index contributed by atoms with van der Waals surface area (Å²) >= 11 is 0. The number of pyridine rings is 1. The Labute approximate surface area is 116 Å². The number of nitro groups is 1. The molecule has 108 valence electrons. The van der Waals surface area contributed by atoms with Gasteiger partial charge >= 0.3 is 5.82 Å². The summed E-state index contributed by atoms with van der Waals surface area (Å²) in [7, 11) is 0. The van der Waals surface area contributed by atoms with E-state index in [0.717, 1.165) is 0 Å². The van der Waals surface area contributed by atoms with Gasteiger partial charge in [0, 0.05) is 12.6 Å². The molecule has 0 aliphatic heterocycles.